The third-order valence-corrected chi connectivity index (χ3v) is 4.46. The Bertz CT molecular complexity index is 873. The van der Waals surface area contributed by atoms with Crippen LogP contribution < -0.4 is 5.32 Å². The van der Waals surface area contributed by atoms with Gasteiger partial charge in [-0.2, -0.15) is 0 Å². The lowest BCUT2D eigenvalue weighted by Crippen LogP contribution is -2.29. The summed E-state index contributed by atoms with van der Waals surface area (Å²) in [7, 11) is 1.98. The first kappa shape index (κ1) is 16.6. The number of rotatable bonds is 5. The fraction of sp³-hybridized carbons (Fsp3) is 0.211. The molecule has 3 rings (SSSR count). The number of benzene rings is 2. The van der Waals surface area contributed by atoms with Crippen LogP contribution in [0.3, 0.4) is 0 Å². The molecule has 4 nitrogen and oxygen atoms in total. The van der Waals surface area contributed by atoms with Gasteiger partial charge < -0.3 is 15.0 Å². The van der Waals surface area contributed by atoms with Gasteiger partial charge in [0.25, 0.3) is 0 Å². The Morgan fingerprint density at radius 2 is 2.04 bits per heavy atom. The predicted molar refractivity (Wildman–Crippen MR) is 96.0 cm³/mol. The Morgan fingerprint density at radius 1 is 1.25 bits per heavy atom. The summed E-state index contributed by atoms with van der Waals surface area (Å²) < 4.78 is 2.02. The molecule has 0 spiro atoms. The Morgan fingerprint density at radius 3 is 2.83 bits per heavy atom. The van der Waals surface area contributed by atoms with Crippen LogP contribution in [0, 0.1) is 0 Å². The molecule has 3 aromatic rings. The minimum absolute atomic E-state index is 0.164. The first-order valence-corrected chi connectivity index (χ1v) is 8.15. The highest BCUT2D eigenvalue weighted by Gasteiger charge is 2.12. The molecule has 124 valence electrons. The average molecular weight is 343 g/mol. The van der Waals surface area contributed by atoms with Crippen molar-refractivity contribution in [1.29, 1.82) is 0 Å². The first-order valence-electron chi connectivity index (χ1n) is 7.78. The highest BCUT2D eigenvalue weighted by molar-refractivity contribution is 6.31. The van der Waals surface area contributed by atoms with Crippen molar-refractivity contribution in [2.24, 2.45) is 7.05 Å². The highest BCUT2D eigenvalue weighted by atomic mass is 35.5. The zero-order chi connectivity index (χ0) is 17.1. The lowest BCUT2D eigenvalue weighted by Gasteiger charge is -2.13. The minimum Gasteiger partial charge on any atom is -0.387 e. The predicted octanol–water partition coefficient (Wildman–Crippen LogP) is 3.22. The van der Waals surface area contributed by atoms with E-state index < -0.39 is 6.10 Å². The van der Waals surface area contributed by atoms with Crippen LogP contribution in [0.1, 0.15) is 17.2 Å². The molecule has 0 aliphatic heterocycles. The maximum Gasteiger partial charge on any atom is 0.224 e. The van der Waals surface area contributed by atoms with Gasteiger partial charge in [0.1, 0.15) is 0 Å². The summed E-state index contributed by atoms with van der Waals surface area (Å²) in [4.78, 5) is 12.0. The van der Waals surface area contributed by atoms with E-state index in [2.05, 4.69) is 5.32 Å². The Hall–Kier alpha value is -2.30. The molecule has 0 saturated heterocycles. The smallest absolute Gasteiger partial charge is 0.224 e. The highest BCUT2D eigenvalue weighted by Crippen LogP contribution is 2.21. The molecular weight excluding hydrogens is 324 g/mol. The van der Waals surface area contributed by atoms with Crippen molar-refractivity contribution < 1.29 is 9.90 Å². The molecule has 1 amide bonds. The van der Waals surface area contributed by atoms with Crippen LogP contribution in [0.2, 0.25) is 5.02 Å². The van der Waals surface area contributed by atoms with Crippen LogP contribution in [-0.4, -0.2) is 22.1 Å². The number of aromatic nitrogens is 1. The minimum atomic E-state index is -0.746. The van der Waals surface area contributed by atoms with E-state index in [1.165, 1.54) is 0 Å². The number of amides is 1. The van der Waals surface area contributed by atoms with Crippen LogP contribution in [0.5, 0.6) is 0 Å². The van der Waals surface area contributed by atoms with Gasteiger partial charge in [0.15, 0.2) is 0 Å². The average Bonchev–Trinajstić information content (AvgIpc) is 2.95. The second-order valence-electron chi connectivity index (χ2n) is 5.83. The van der Waals surface area contributed by atoms with E-state index in [9.17, 15) is 9.90 Å². The fourth-order valence-electron chi connectivity index (χ4n) is 2.71. The van der Waals surface area contributed by atoms with Gasteiger partial charge in [-0.15, -0.1) is 0 Å². The molecule has 0 aliphatic rings. The van der Waals surface area contributed by atoms with Crippen molar-refractivity contribution in [1.82, 2.24) is 9.88 Å². The molecule has 2 N–H and O–H groups in total. The van der Waals surface area contributed by atoms with Gasteiger partial charge >= 0.3 is 0 Å². The topological polar surface area (TPSA) is 54.3 Å². The second kappa shape index (κ2) is 7.07. The fourth-order valence-corrected chi connectivity index (χ4v) is 2.92. The third-order valence-electron chi connectivity index (χ3n) is 4.10. The Balaban J connectivity index is 1.60. The van der Waals surface area contributed by atoms with Gasteiger partial charge in [0.2, 0.25) is 5.91 Å². The lowest BCUT2D eigenvalue weighted by molar-refractivity contribution is -0.120. The first-order chi connectivity index (χ1) is 11.5. The van der Waals surface area contributed by atoms with Crippen molar-refractivity contribution in [2.75, 3.05) is 6.54 Å². The van der Waals surface area contributed by atoms with Crippen molar-refractivity contribution in [3.63, 3.8) is 0 Å². The van der Waals surface area contributed by atoms with E-state index in [0.717, 1.165) is 22.0 Å². The number of carbonyl (C=O) groups is 1. The number of halogens is 1. The van der Waals surface area contributed by atoms with E-state index in [4.69, 9.17) is 11.6 Å². The van der Waals surface area contributed by atoms with Crippen LogP contribution in [0.15, 0.2) is 54.7 Å². The van der Waals surface area contributed by atoms with Crippen molar-refractivity contribution in [3.05, 3.63) is 70.9 Å². The number of fused-ring (bicyclic) bond motifs is 1. The number of nitrogens with zero attached hydrogens (tertiary/aromatic N) is 1. The molecule has 5 heteroatoms. The number of hydrogen-bond acceptors (Lipinski definition) is 2. The molecule has 0 aliphatic carbocycles. The normalized spacial score (nSPS) is 12.3. The zero-order valence-electron chi connectivity index (χ0n) is 13.4. The van der Waals surface area contributed by atoms with E-state index in [1.807, 2.05) is 60.3 Å². The molecule has 2 aromatic carbocycles. The maximum absolute atomic E-state index is 12.0. The molecule has 1 heterocycles. The van der Waals surface area contributed by atoms with Gasteiger partial charge in [0.05, 0.1) is 12.5 Å². The third kappa shape index (κ3) is 3.61. The van der Waals surface area contributed by atoms with Gasteiger partial charge in [0, 0.05) is 30.3 Å². The van der Waals surface area contributed by atoms with Gasteiger partial charge in [-0.05, 0) is 40.8 Å². The van der Waals surface area contributed by atoms with E-state index >= 15 is 0 Å². The molecule has 0 fully saturated rings. The van der Waals surface area contributed by atoms with Crippen molar-refractivity contribution >= 4 is 28.4 Å². The largest absolute Gasteiger partial charge is 0.387 e. The standard InChI is InChI=1S/C19H19ClN2O2/c1-22-9-8-14-10-15(6-7-17(14)22)18(23)12-21-19(24)11-13-4-2-3-5-16(13)20/h2-10,18,23H,11-12H2,1H3,(H,21,24)/t18-/m1/s1. The monoisotopic (exact) mass is 342 g/mol. The zero-order valence-corrected chi connectivity index (χ0v) is 14.1. The van der Waals surface area contributed by atoms with Gasteiger partial charge in [-0.3, -0.25) is 4.79 Å². The van der Waals surface area contributed by atoms with Crippen molar-refractivity contribution in [3.8, 4) is 0 Å². The Kier molecular flexibility index (Phi) is 4.88. The summed E-state index contributed by atoms with van der Waals surface area (Å²) >= 11 is 6.05. The second-order valence-corrected chi connectivity index (χ2v) is 6.24. The number of hydrogen-bond donors (Lipinski definition) is 2. The summed E-state index contributed by atoms with van der Waals surface area (Å²) in [5.41, 5.74) is 2.66. The summed E-state index contributed by atoms with van der Waals surface area (Å²) in [6.07, 6.45) is 1.43. The summed E-state index contributed by atoms with van der Waals surface area (Å²) in [5, 5.41) is 14.7. The molecule has 0 bridgehead atoms. The quantitative estimate of drug-likeness (QED) is 0.748. The van der Waals surface area contributed by atoms with Crippen LogP contribution in [0.25, 0.3) is 10.9 Å². The van der Waals surface area contributed by atoms with Gasteiger partial charge in [-0.1, -0.05) is 35.9 Å². The summed E-state index contributed by atoms with van der Waals surface area (Å²) in [6, 6.07) is 15.1. The molecular formula is C19H19ClN2O2. The van der Waals surface area contributed by atoms with Crippen LogP contribution in [-0.2, 0) is 18.3 Å². The number of aliphatic hydroxyl groups is 1. The van der Waals surface area contributed by atoms with Crippen LogP contribution in [0.4, 0.5) is 0 Å². The number of carbonyl (C=O) groups excluding carboxylic acids is 1. The molecule has 0 unspecified atom stereocenters. The number of aryl methyl sites for hydroxylation is 1. The summed E-state index contributed by atoms with van der Waals surface area (Å²) in [5.74, 6) is -0.164. The molecule has 0 radical (unpaired) electrons. The lowest BCUT2D eigenvalue weighted by atomic mass is 10.1. The number of nitrogens with one attached hydrogen (secondary N) is 1. The molecule has 0 saturated carbocycles. The maximum atomic E-state index is 12.0. The van der Waals surface area contributed by atoms with Crippen LogP contribution >= 0.6 is 11.6 Å². The van der Waals surface area contributed by atoms with E-state index in [-0.39, 0.29) is 18.9 Å². The SMILES string of the molecule is Cn1ccc2cc([C@H](O)CNC(=O)Cc3ccccc3Cl)ccc21. The van der Waals surface area contributed by atoms with E-state index in [0.29, 0.717) is 5.02 Å². The number of aliphatic hydroxyl groups excluding tert-OH is 1. The molecule has 1 aromatic heterocycles. The Labute approximate surface area is 145 Å². The molecule has 1 atom stereocenters. The molecule has 24 heavy (non-hydrogen) atoms. The van der Waals surface area contributed by atoms with E-state index in [1.54, 1.807) is 6.07 Å². The van der Waals surface area contributed by atoms with Crippen molar-refractivity contribution in [2.45, 2.75) is 12.5 Å². The summed E-state index contributed by atoms with van der Waals surface area (Å²) in [6.45, 7) is 0.168. The van der Waals surface area contributed by atoms with Gasteiger partial charge in [-0.25, -0.2) is 0 Å².